The van der Waals surface area contributed by atoms with E-state index in [1.807, 2.05) is 32.0 Å². The van der Waals surface area contributed by atoms with Crippen LogP contribution in [0.15, 0.2) is 29.2 Å². The quantitative estimate of drug-likeness (QED) is 0.797. The minimum atomic E-state index is -0.414. The average molecular weight is 269 g/mol. The zero-order valence-corrected chi connectivity index (χ0v) is 10.9. The molecular formula is C12H10Cl2N2O. The molecule has 2 aromatic rings. The van der Waals surface area contributed by atoms with Crippen molar-refractivity contribution >= 4 is 23.2 Å². The van der Waals surface area contributed by atoms with Crippen molar-refractivity contribution < 1.29 is 0 Å². The molecule has 2 rings (SSSR count). The van der Waals surface area contributed by atoms with Crippen molar-refractivity contribution in [1.29, 1.82) is 0 Å². The first-order chi connectivity index (χ1) is 8.00. The predicted octanol–water partition coefficient (Wildman–Crippen LogP) is 3.16. The Bertz CT molecular complexity index is 635. The highest BCUT2D eigenvalue weighted by Crippen LogP contribution is 2.17. The van der Waals surface area contributed by atoms with Crippen LogP contribution >= 0.6 is 23.2 Å². The molecule has 0 atom stereocenters. The predicted molar refractivity (Wildman–Crippen MR) is 69.3 cm³/mol. The molecule has 0 aliphatic rings. The molecule has 0 saturated heterocycles. The second kappa shape index (κ2) is 4.51. The molecule has 5 heteroatoms. The number of benzene rings is 1. The Balaban J connectivity index is 2.65. The smallest absolute Gasteiger partial charge is 0.266 e. The lowest BCUT2D eigenvalue weighted by molar-refractivity contribution is 0.806. The second-order valence-electron chi connectivity index (χ2n) is 3.79. The van der Waals surface area contributed by atoms with Crippen molar-refractivity contribution in [2.75, 3.05) is 0 Å². The van der Waals surface area contributed by atoms with Gasteiger partial charge < -0.3 is 0 Å². The summed E-state index contributed by atoms with van der Waals surface area (Å²) in [5.74, 6) is 0. The Morgan fingerprint density at radius 1 is 1.18 bits per heavy atom. The minimum Gasteiger partial charge on any atom is -0.266 e. The third-order valence-corrected chi connectivity index (χ3v) is 3.36. The van der Waals surface area contributed by atoms with Crippen molar-refractivity contribution in [1.82, 2.24) is 9.78 Å². The van der Waals surface area contributed by atoms with Crippen LogP contribution in [0.25, 0.3) is 5.69 Å². The molecule has 0 N–H and O–H groups in total. The number of rotatable bonds is 1. The number of aromatic nitrogens is 2. The first-order valence-corrected chi connectivity index (χ1v) is 5.77. The summed E-state index contributed by atoms with van der Waals surface area (Å²) < 4.78 is 1.24. The van der Waals surface area contributed by atoms with E-state index in [9.17, 15) is 4.79 Å². The van der Waals surface area contributed by atoms with E-state index >= 15 is 0 Å². The standard InChI is InChI=1S/C12H10Cl2N2O/c1-7-3-4-9(5-8(7)2)16-12(17)11(14)10(13)6-15-16/h3-6H,1-2H3. The van der Waals surface area contributed by atoms with Gasteiger partial charge in [0.2, 0.25) is 0 Å². The summed E-state index contributed by atoms with van der Waals surface area (Å²) in [4.78, 5) is 11.9. The summed E-state index contributed by atoms with van der Waals surface area (Å²) in [6.45, 7) is 3.98. The summed E-state index contributed by atoms with van der Waals surface area (Å²) >= 11 is 11.5. The van der Waals surface area contributed by atoms with E-state index in [1.54, 1.807) is 0 Å². The van der Waals surface area contributed by atoms with Gasteiger partial charge in [0.15, 0.2) is 0 Å². The van der Waals surface area contributed by atoms with E-state index in [0.717, 1.165) is 11.1 Å². The van der Waals surface area contributed by atoms with E-state index in [2.05, 4.69) is 5.10 Å². The summed E-state index contributed by atoms with van der Waals surface area (Å²) in [6, 6.07) is 5.64. The lowest BCUT2D eigenvalue weighted by Gasteiger charge is -2.07. The van der Waals surface area contributed by atoms with Crippen LogP contribution in [0.3, 0.4) is 0 Å². The van der Waals surface area contributed by atoms with Crippen LogP contribution in [-0.4, -0.2) is 9.78 Å². The molecule has 3 nitrogen and oxygen atoms in total. The SMILES string of the molecule is Cc1ccc(-n2ncc(Cl)c(Cl)c2=O)cc1C. The highest BCUT2D eigenvalue weighted by molar-refractivity contribution is 6.41. The van der Waals surface area contributed by atoms with Gasteiger partial charge in [-0.25, -0.2) is 0 Å². The van der Waals surface area contributed by atoms with E-state index < -0.39 is 5.56 Å². The van der Waals surface area contributed by atoms with Gasteiger partial charge in [-0.3, -0.25) is 4.79 Å². The van der Waals surface area contributed by atoms with Gasteiger partial charge in [-0.15, -0.1) is 0 Å². The van der Waals surface area contributed by atoms with E-state index in [-0.39, 0.29) is 10.0 Å². The molecule has 0 fully saturated rings. The molecule has 1 aromatic heterocycles. The molecule has 1 heterocycles. The van der Waals surface area contributed by atoms with Crippen LogP contribution in [0.1, 0.15) is 11.1 Å². The Labute approximate surface area is 109 Å². The Morgan fingerprint density at radius 2 is 1.88 bits per heavy atom. The van der Waals surface area contributed by atoms with Gasteiger partial charge in [-0.1, -0.05) is 29.3 Å². The molecule has 0 unspecified atom stereocenters. The lowest BCUT2D eigenvalue weighted by atomic mass is 10.1. The van der Waals surface area contributed by atoms with Crippen molar-refractivity contribution in [2.24, 2.45) is 0 Å². The zero-order valence-electron chi connectivity index (χ0n) is 9.37. The number of nitrogens with zero attached hydrogens (tertiary/aromatic N) is 2. The van der Waals surface area contributed by atoms with Crippen LogP contribution < -0.4 is 5.56 Å². The maximum absolute atomic E-state index is 11.9. The first kappa shape index (κ1) is 12.1. The monoisotopic (exact) mass is 268 g/mol. The van der Waals surface area contributed by atoms with Gasteiger partial charge in [0.1, 0.15) is 5.02 Å². The normalized spacial score (nSPS) is 10.6. The summed E-state index contributed by atoms with van der Waals surface area (Å²) in [5, 5.41) is 4.12. The van der Waals surface area contributed by atoms with Crippen molar-refractivity contribution in [3.05, 3.63) is 55.9 Å². The Hall–Kier alpha value is -1.32. The molecule has 1 aromatic carbocycles. The largest absolute Gasteiger partial charge is 0.291 e. The molecule has 0 aliphatic heterocycles. The number of hydrogen-bond donors (Lipinski definition) is 0. The van der Waals surface area contributed by atoms with Gasteiger partial charge in [-0.2, -0.15) is 9.78 Å². The van der Waals surface area contributed by atoms with Crippen molar-refractivity contribution in [3.8, 4) is 5.69 Å². The molecule has 0 spiro atoms. The fourth-order valence-electron chi connectivity index (χ4n) is 1.45. The number of halogens is 2. The van der Waals surface area contributed by atoms with Crippen LogP contribution in [0.5, 0.6) is 0 Å². The highest BCUT2D eigenvalue weighted by Gasteiger charge is 2.09. The van der Waals surface area contributed by atoms with Gasteiger partial charge in [0.25, 0.3) is 5.56 Å². The van der Waals surface area contributed by atoms with Crippen LogP contribution in [-0.2, 0) is 0 Å². The van der Waals surface area contributed by atoms with Crippen molar-refractivity contribution in [3.63, 3.8) is 0 Å². The maximum Gasteiger partial charge on any atom is 0.291 e. The summed E-state index contributed by atoms with van der Waals surface area (Å²) in [6.07, 6.45) is 1.36. The lowest BCUT2D eigenvalue weighted by Crippen LogP contribution is -2.21. The second-order valence-corrected chi connectivity index (χ2v) is 4.58. The molecule has 0 aliphatic carbocycles. The van der Waals surface area contributed by atoms with E-state index in [4.69, 9.17) is 23.2 Å². The number of aryl methyl sites for hydroxylation is 2. The van der Waals surface area contributed by atoms with E-state index in [0.29, 0.717) is 5.69 Å². The van der Waals surface area contributed by atoms with Gasteiger partial charge >= 0.3 is 0 Å². The van der Waals surface area contributed by atoms with Crippen LogP contribution in [0.4, 0.5) is 0 Å². The molecule has 0 saturated carbocycles. The van der Waals surface area contributed by atoms with Crippen LogP contribution in [0, 0.1) is 13.8 Å². The third kappa shape index (κ3) is 2.21. The average Bonchev–Trinajstić information content (AvgIpc) is 2.30. The third-order valence-electron chi connectivity index (χ3n) is 2.61. The maximum atomic E-state index is 11.9. The molecular weight excluding hydrogens is 259 g/mol. The number of hydrogen-bond acceptors (Lipinski definition) is 2. The topological polar surface area (TPSA) is 34.9 Å². The molecule has 0 bridgehead atoms. The first-order valence-electron chi connectivity index (χ1n) is 5.01. The minimum absolute atomic E-state index is 0.0140. The zero-order chi connectivity index (χ0) is 12.6. The molecule has 88 valence electrons. The highest BCUT2D eigenvalue weighted by atomic mass is 35.5. The molecule has 17 heavy (non-hydrogen) atoms. The van der Waals surface area contributed by atoms with Gasteiger partial charge in [-0.05, 0) is 37.1 Å². The molecule has 0 radical (unpaired) electrons. The summed E-state index contributed by atoms with van der Waals surface area (Å²) in [5.41, 5.74) is 2.50. The summed E-state index contributed by atoms with van der Waals surface area (Å²) in [7, 11) is 0. The molecule has 0 amide bonds. The van der Waals surface area contributed by atoms with Gasteiger partial charge in [0.05, 0.1) is 16.9 Å². The Kier molecular flexibility index (Phi) is 3.22. The fraction of sp³-hybridized carbons (Fsp3) is 0.167. The van der Waals surface area contributed by atoms with Crippen LogP contribution in [0.2, 0.25) is 10.0 Å². The van der Waals surface area contributed by atoms with E-state index in [1.165, 1.54) is 10.9 Å². The van der Waals surface area contributed by atoms with Crippen molar-refractivity contribution in [2.45, 2.75) is 13.8 Å². The fourth-order valence-corrected chi connectivity index (χ4v) is 1.71. The van der Waals surface area contributed by atoms with Gasteiger partial charge in [0, 0.05) is 0 Å². The Morgan fingerprint density at radius 3 is 2.53 bits per heavy atom.